The molecule has 2 aromatic rings. The fourth-order valence-corrected chi connectivity index (χ4v) is 3.26. The summed E-state index contributed by atoms with van der Waals surface area (Å²) in [6.07, 6.45) is 0.829. The number of nitrogens with two attached hydrogens (primary N) is 1. The van der Waals surface area contributed by atoms with Crippen LogP contribution in [-0.4, -0.2) is 28.9 Å². The third-order valence-electron chi connectivity index (χ3n) is 4.51. The minimum absolute atomic E-state index is 0.116. The molecule has 2 heterocycles. The van der Waals surface area contributed by atoms with Crippen molar-refractivity contribution >= 4 is 17.4 Å². The van der Waals surface area contributed by atoms with E-state index in [1.54, 1.807) is 0 Å². The summed E-state index contributed by atoms with van der Waals surface area (Å²) in [5, 5.41) is 12.4. The number of carbonyl (C=O) groups is 1. The van der Waals surface area contributed by atoms with E-state index < -0.39 is 0 Å². The molecule has 0 radical (unpaired) electrons. The monoisotopic (exact) mass is 335 g/mol. The van der Waals surface area contributed by atoms with E-state index >= 15 is 0 Å². The van der Waals surface area contributed by atoms with Crippen LogP contribution in [-0.2, 0) is 17.8 Å². The van der Waals surface area contributed by atoms with Gasteiger partial charge >= 0.3 is 0 Å². The van der Waals surface area contributed by atoms with Crippen LogP contribution in [0.5, 0.6) is 0 Å². The number of benzene rings is 1. The molecule has 0 unspecified atom stereocenters. The van der Waals surface area contributed by atoms with Gasteiger partial charge in [-0.2, -0.15) is 5.26 Å². The molecule has 0 bridgehead atoms. The maximum atomic E-state index is 11.2. The average Bonchev–Trinajstić information content (AvgIpc) is 2.60. The lowest BCUT2D eigenvalue weighted by Gasteiger charge is -2.29. The van der Waals surface area contributed by atoms with Gasteiger partial charge in [0.15, 0.2) is 0 Å². The molecule has 0 aliphatic carbocycles. The Morgan fingerprint density at radius 3 is 2.72 bits per heavy atom. The van der Waals surface area contributed by atoms with E-state index in [1.165, 1.54) is 6.92 Å². The molecule has 6 heteroatoms. The second-order valence-electron chi connectivity index (χ2n) is 6.16. The van der Waals surface area contributed by atoms with Crippen LogP contribution in [0.3, 0.4) is 0 Å². The standard InChI is InChI=1S/C19H21N5O/c1-3-24-9-8-17-16(11-24)18(15(10-20)19(21)23-17)13-4-6-14(7-5-13)22-12(2)25/h4-7H,3,8-9,11H2,1-2H3,(H2,21,23)(H,22,25). The minimum Gasteiger partial charge on any atom is -0.383 e. The second kappa shape index (κ2) is 6.91. The topological polar surface area (TPSA) is 95.0 Å². The summed E-state index contributed by atoms with van der Waals surface area (Å²) in [4.78, 5) is 18.0. The summed E-state index contributed by atoms with van der Waals surface area (Å²) in [7, 11) is 0. The van der Waals surface area contributed by atoms with E-state index in [-0.39, 0.29) is 11.7 Å². The molecule has 25 heavy (non-hydrogen) atoms. The first kappa shape index (κ1) is 16.9. The van der Waals surface area contributed by atoms with Crippen molar-refractivity contribution in [3.05, 3.63) is 41.1 Å². The van der Waals surface area contributed by atoms with Crippen molar-refractivity contribution in [2.45, 2.75) is 26.8 Å². The van der Waals surface area contributed by atoms with Crippen LogP contribution in [0.2, 0.25) is 0 Å². The maximum absolute atomic E-state index is 11.2. The van der Waals surface area contributed by atoms with Crippen LogP contribution in [0.4, 0.5) is 11.5 Å². The molecule has 6 nitrogen and oxygen atoms in total. The van der Waals surface area contributed by atoms with Gasteiger partial charge < -0.3 is 11.1 Å². The van der Waals surface area contributed by atoms with Crippen LogP contribution >= 0.6 is 0 Å². The molecule has 3 rings (SSSR count). The number of aromatic nitrogens is 1. The molecule has 0 spiro atoms. The van der Waals surface area contributed by atoms with Crippen molar-refractivity contribution in [2.75, 3.05) is 24.1 Å². The summed E-state index contributed by atoms with van der Waals surface area (Å²) >= 11 is 0. The Labute approximate surface area is 147 Å². The highest BCUT2D eigenvalue weighted by atomic mass is 16.1. The summed E-state index contributed by atoms with van der Waals surface area (Å²) in [5.41, 5.74) is 11.0. The fourth-order valence-electron chi connectivity index (χ4n) is 3.26. The molecule has 128 valence electrons. The number of amides is 1. The van der Waals surface area contributed by atoms with Crippen molar-refractivity contribution in [1.29, 1.82) is 5.26 Å². The zero-order valence-electron chi connectivity index (χ0n) is 14.5. The Balaban J connectivity index is 2.12. The highest BCUT2D eigenvalue weighted by Gasteiger charge is 2.24. The zero-order chi connectivity index (χ0) is 18.0. The number of anilines is 2. The highest BCUT2D eigenvalue weighted by molar-refractivity contribution is 5.89. The number of nitriles is 1. The smallest absolute Gasteiger partial charge is 0.221 e. The van der Waals surface area contributed by atoms with Crippen molar-refractivity contribution < 1.29 is 4.79 Å². The third kappa shape index (κ3) is 3.32. The van der Waals surface area contributed by atoms with E-state index in [0.29, 0.717) is 5.56 Å². The van der Waals surface area contributed by atoms with Gasteiger partial charge in [-0.15, -0.1) is 0 Å². The number of fused-ring (bicyclic) bond motifs is 1. The van der Waals surface area contributed by atoms with Gasteiger partial charge in [0, 0.05) is 43.4 Å². The van der Waals surface area contributed by atoms with Crippen LogP contribution in [0.1, 0.15) is 30.7 Å². The number of pyridine rings is 1. The van der Waals surface area contributed by atoms with Gasteiger partial charge in [-0.25, -0.2) is 4.98 Å². The molecule has 1 aliphatic rings. The molecule has 0 saturated carbocycles. The summed E-state index contributed by atoms with van der Waals surface area (Å²) < 4.78 is 0. The summed E-state index contributed by atoms with van der Waals surface area (Å²) in [6, 6.07) is 9.70. The first-order valence-corrected chi connectivity index (χ1v) is 8.35. The Kier molecular flexibility index (Phi) is 4.68. The van der Waals surface area contributed by atoms with Crippen molar-refractivity contribution in [2.24, 2.45) is 0 Å². The number of carbonyl (C=O) groups excluding carboxylic acids is 1. The van der Waals surface area contributed by atoms with Crippen molar-refractivity contribution in [3.63, 3.8) is 0 Å². The SMILES string of the molecule is CCN1CCc2nc(N)c(C#N)c(-c3ccc(NC(C)=O)cc3)c2C1. The predicted octanol–water partition coefficient (Wildman–Crippen LogP) is 2.54. The summed E-state index contributed by atoms with van der Waals surface area (Å²) in [6.45, 7) is 6.26. The Morgan fingerprint density at radius 2 is 2.12 bits per heavy atom. The zero-order valence-corrected chi connectivity index (χ0v) is 14.5. The molecule has 1 aliphatic heterocycles. The minimum atomic E-state index is -0.116. The lowest BCUT2D eigenvalue weighted by molar-refractivity contribution is -0.114. The molecule has 0 atom stereocenters. The van der Waals surface area contributed by atoms with Gasteiger partial charge in [-0.3, -0.25) is 9.69 Å². The number of rotatable bonds is 3. The number of hydrogen-bond acceptors (Lipinski definition) is 5. The quantitative estimate of drug-likeness (QED) is 0.899. The molecule has 1 aromatic carbocycles. The number of hydrogen-bond donors (Lipinski definition) is 2. The molecular formula is C19H21N5O. The van der Waals surface area contributed by atoms with Crippen LogP contribution in [0, 0.1) is 11.3 Å². The predicted molar refractivity (Wildman–Crippen MR) is 97.8 cm³/mol. The Hall–Kier alpha value is -2.91. The molecular weight excluding hydrogens is 314 g/mol. The van der Waals surface area contributed by atoms with Crippen molar-refractivity contribution in [3.8, 4) is 17.2 Å². The second-order valence-corrected chi connectivity index (χ2v) is 6.16. The van der Waals surface area contributed by atoms with Gasteiger partial charge in [0.1, 0.15) is 17.5 Å². The van der Waals surface area contributed by atoms with E-state index in [9.17, 15) is 10.1 Å². The van der Waals surface area contributed by atoms with Gasteiger partial charge in [-0.1, -0.05) is 19.1 Å². The molecule has 1 amide bonds. The van der Waals surface area contributed by atoms with Crippen LogP contribution in [0.25, 0.3) is 11.1 Å². The molecule has 0 fully saturated rings. The van der Waals surface area contributed by atoms with Crippen molar-refractivity contribution in [1.82, 2.24) is 9.88 Å². The number of likely N-dealkylation sites (N-methyl/N-ethyl adjacent to an activating group) is 1. The van der Waals surface area contributed by atoms with E-state index in [0.717, 1.165) is 54.1 Å². The van der Waals surface area contributed by atoms with E-state index in [2.05, 4.69) is 28.2 Å². The van der Waals surface area contributed by atoms with Crippen LogP contribution in [0.15, 0.2) is 24.3 Å². The normalized spacial score (nSPS) is 13.8. The van der Waals surface area contributed by atoms with Gasteiger partial charge in [-0.05, 0) is 29.8 Å². The van der Waals surface area contributed by atoms with Gasteiger partial charge in [0.2, 0.25) is 5.91 Å². The largest absolute Gasteiger partial charge is 0.383 e. The molecule has 1 aromatic heterocycles. The fraction of sp³-hybridized carbons (Fsp3) is 0.316. The van der Waals surface area contributed by atoms with E-state index in [1.807, 2.05) is 24.3 Å². The average molecular weight is 335 g/mol. The first-order valence-electron chi connectivity index (χ1n) is 8.35. The van der Waals surface area contributed by atoms with Crippen LogP contribution < -0.4 is 11.1 Å². The highest BCUT2D eigenvalue weighted by Crippen LogP contribution is 2.35. The number of nitrogens with zero attached hydrogens (tertiary/aromatic N) is 3. The Bertz CT molecular complexity index is 852. The van der Waals surface area contributed by atoms with Gasteiger partial charge in [0.25, 0.3) is 0 Å². The lowest BCUT2D eigenvalue weighted by atomic mass is 9.91. The lowest BCUT2D eigenvalue weighted by Crippen LogP contribution is -2.31. The summed E-state index contributed by atoms with van der Waals surface area (Å²) in [5.74, 6) is 0.168. The third-order valence-corrected chi connectivity index (χ3v) is 4.51. The number of nitrogen functional groups attached to an aromatic ring is 1. The Morgan fingerprint density at radius 1 is 1.40 bits per heavy atom. The van der Waals surface area contributed by atoms with E-state index in [4.69, 9.17) is 5.73 Å². The number of nitrogens with one attached hydrogen (secondary N) is 1. The molecule has 3 N–H and O–H groups in total. The molecule has 0 saturated heterocycles. The maximum Gasteiger partial charge on any atom is 0.221 e. The van der Waals surface area contributed by atoms with Gasteiger partial charge in [0.05, 0.1) is 0 Å². The first-order chi connectivity index (χ1) is 12.0.